The molecule has 0 bridgehead atoms. The molecule has 0 unspecified atom stereocenters. The summed E-state index contributed by atoms with van der Waals surface area (Å²) in [7, 11) is 0. The van der Waals surface area contributed by atoms with Gasteiger partial charge in [0.25, 0.3) is 0 Å². The molecule has 2 aromatic rings. The number of carbonyl (C=O) groups is 1. The maximum absolute atomic E-state index is 13.3. The van der Waals surface area contributed by atoms with Crippen LogP contribution in [0.1, 0.15) is 15.9 Å². The number of rotatable bonds is 7. The molecule has 0 aromatic heterocycles. The van der Waals surface area contributed by atoms with Crippen LogP contribution in [0.3, 0.4) is 0 Å². The van der Waals surface area contributed by atoms with E-state index in [1.54, 1.807) is 30.3 Å². The van der Waals surface area contributed by atoms with Gasteiger partial charge in [-0.05, 0) is 24.3 Å². The molecule has 110 valence electrons. The maximum Gasteiger partial charge on any atom is 0.335 e. The first-order valence-corrected chi connectivity index (χ1v) is 6.44. The lowest BCUT2D eigenvalue weighted by atomic mass is 10.2. The van der Waals surface area contributed by atoms with E-state index in [0.29, 0.717) is 11.3 Å². The standard InChI is InChI=1S/C16H15FO4/c17-15-7-2-1-4-13(15)11-20-8-9-21-14-6-3-5-12(10-14)16(18)19/h1-7,10H,8-9,11H2,(H,18,19). The van der Waals surface area contributed by atoms with Crippen LogP contribution in [0.2, 0.25) is 0 Å². The lowest BCUT2D eigenvalue weighted by molar-refractivity contribution is 0.0695. The Morgan fingerprint density at radius 3 is 2.67 bits per heavy atom. The second kappa shape index (κ2) is 7.40. The minimum atomic E-state index is -1.00. The van der Waals surface area contributed by atoms with E-state index < -0.39 is 5.97 Å². The van der Waals surface area contributed by atoms with Crippen molar-refractivity contribution in [1.29, 1.82) is 0 Å². The molecule has 2 aromatic carbocycles. The van der Waals surface area contributed by atoms with Crippen LogP contribution in [0.25, 0.3) is 0 Å². The van der Waals surface area contributed by atoms with Crippen molar-refractivity contribution in [3.05, 3.63) is 65.5 Å². The summed E-state index contributed by atoms with van der Waals surface area (Å²) in [6.45, 7) is 0.717. The fraction of sp³-hybridized carbons (Fsp3) is 0.188. The zero-order chi connectivity index (χ0) is 15.1. The number of ether oxygens (including phenoxy) is 2. The number of aromatic carboxylic acids is 1. The van der Waals surface area contributed by atoms with Gasteiger partial charge in [-0.3, -0.25) is 0 Å². The Labute approximate surface area is 121 Å². The Bertz CT molecular complexity index is 613. The molecule has 4 nitrogen and oxygen atoms in total. The van der Waals surface area contributed by atoms with Crippen molar-refractivity contribution in [3.8, 4) is 5.75 Å². The van der Waals surface area contributed by atoms with Crippen LogP contribution in [0, 0.1) is 5.82 Å². The summed E-state index contributed by atoms with van der Waals surface area (Å²) < 4.78 is 24.0. The molecule has 0 saturated heterocycles. The molecule has 2 rings (SSSR count). The van der Waals surface area contributed by atoms with Crippen molar-refractivity contribution in [1.82, 2.24) is 0 Å². The summed E-state index contributed by atoms with van der Waals surface area (Å²) in [6.07, 6.45) is 0. The Morgan fingerprint density at radius 1 is 1.10 bits per heavy atom. The lowest BCUT2D eigenvalue weighted by Gasteiger charge is -2.08. The first-order chi connectivity index (χ1) is 10.2. The van der Waals surface area contributed by atoms with E-state index in [4.69, 9.17) is 14.6 Å². The first kappa shape index (κ1) is 15.0. The minimum absolute atomic E-state index is 0.166. The Kier molecular flexibility index (Phi) is 5.29. The molecule has 0 atom stereocenters. The molecule has 0 heterocycles. The van der Waals surface area contributed by atoms with Crippen LogP contribution in [-0.2, 0) is 11.3 Å². The van der Waals surface area contributed by atoms with Crippen molar-refractivity contribution in [3.63, 3.8) is 0 Å². The first-order valence-electron chi connectivity index (χ1n) is 6.44. The SMILES string of the molecule is O=C(O)c1cccc(OCCOCc2ccccc2F)c1. The fourth-order valence-electron chi connectivity index (χ4n) is 1.73. The Balaban J connectivity index is 1.74. The summed E-state index contributed by atoms with van der Waals surface area (Å²) in [6, 6.07) is 12.6. The van der Waals surface area contributed by atoms with Crippen molar-refractivity contribution in [2.75, 3.05) is 13.2 Å². The van der Waals surface area contributed by atoms with Crippen LogP contribution in [0.5, 0.6) is 5.75 Å². The number of carboxylic acids is 1. The summed E-state index contributed by atoms with van der Waals surface area (Å²) in [5.74, 6) is -0.840. The van der Waals surface area contributed by atoms with E-state index in [9.17, 15) is 9.18 Å². The predicted molar refractivity (Wildman–Crippen MR) is 75.0 cm³/mol. The van der Waals surface area contributed by atoms with Crippen LogP contribution in [-0.4, -0.2) is 24.3 Å². The monoisotopic (exact) mass is 290 g/mol. The van der Waals surface area contributed by atoms with E-state index in [0.717, 1.165) is 0 Å². The smallest absolute Gasteiger partial charge is 0.335 e. The van der Waals surface area contributed by atoms with Gasteiger partial charge in [-0.1, -0.05) is 24.3 Å². The van der Waals surface area contributed by atoms with Gasteiger partial charge in [-0.15, -0.1) is 0 Å². The molecule has 0 radical (unpaired) electrons. The van der Waals surface area contributed by atoms with Crippen molar-refractivity contribution in [2.45, 2.75) is 6.61 Å². The quantitative estimate of drug-likeness (QED) is 0.796. The molecule has 0 aliphatic carbocycles. The van der Waals surface area contributed by atoms with Gasteiger partial charge in [0.2, 0.25) is 0 Å². The summed E-state index contributed by atoms with van der Waals surface area (Å²) >= 11 is 0. The molecule has 0 saturated carbocycles. The van der Waals surface area contributed by atoms with Gasteiger partial charge >= 0.3 is 5.97 Å². The molecule has 0 fully saturated rings. The predicted octanol–water partition coefficient (Wildman–Crippen LogP) is 3.12. The highest BCUT2D eigenvalue weighted by atomic mass is 19.1. The highest BCUT2D eigenvalue weighted by Gasteiger charge is 2.04. The molecule has 5 heteroatoms. The zero-order valence-electron chi connectivity index (χ0n) is 11.3. The van der Waals surface area contributed by atoms with E-state index in [-0.39, 0.29) is 31.2 Å². The molecule has 0 spiro atoms. The maximum atomic E-state index is 13.3. The second-order valence-electron chi connectivity index (χ2n) is 4.33. The lowest BCUT2D eigenvalue weighted by Crippen LogP contribution is -2.07. The molecular formula is C16H15FO4. The molecule has 21 heavy (non-hydrogen) atoms. The normalized spacial score (nSPS) is 10.3. The van der Waals surface area contributed by atoms with Crippen molar-refractivity contribution in [2.24, 2.45) is 0 Å². The third kappa shape index (κ3) is 4.57. The molecule has 0 aliphatic heterocycles. The van der Waals surface area contributed by atoms with Gasteiger partial charge in [0, 0.05) is 5.56 Å². The molecule has 0 aliphatic rings. The van der Waals surface area contributed by atoms with Gasteiger partial charge in [-0.25, -0.2) is 9.18 Å². The van der Waals surface area contributed by atoms with Gasteiger partial charge < -0.3 is 14.6 Å². The van der Waals surface area contributed by atoms with Crippen molar-refractivity contribution < 1.29 is 23.8 Å². The van der Waals surface area contributed by atoms with Crippen LogP contribution in [0.4, 0.5) is 4.39 Å². The second-order valence-corrected chi connectivity index (χ2v) is 4.33. The summed E-state index contributed by atoms with van der Waals surface area (Å²) in [5, 5.41) is 8.86. The van der Waals surface area contributed by atoms with Gasteiger partial charge in [0.1, 0.15) is 18.2 Å². The molecular weight excluding hydrogens is 275 g/mol. The van der Waals surface area contributed by atoms with Gasteiger partial charge in [0.05, 0.1) is 18.8 Å². The largest absolute Gasteiger partial charge is 0.491 e. The van der Waals surface area contributed by atoms with Crippen molar-refractivity contribution >= 4 is 5.97 Å². The molecule has 0 amide bonds. The number of hydrogen-bond acceptors (Lipinski definition) is 3. The van der Waals surface area contributed by atoms with E-state index >= 15 is 0 Å². The van der Waals surface area contributed by atoms with Gasteiger partial charge in [0.15, 0.2) is 0 Å². The summed E-state index contributed by atoms with van der Waals surface area (Å²) in [5.41, 5.74) is 0.658. The minimum Gasteiger partial charge on any atom is -0.491 e. The molecule has 1 N–H and O–H groups in total. The fourth-order valence-corrected chi connectivity index (χ4v) is 1.73. The number of halogens is 1. The van der Waals surface area contributed by atoms with Gasteiger partial charge in [-0.2, -0.15) is 0 Å². The van der Waals surface area contributed by atoms with E-state index in [2.05, 4.69) is 0 Å². The highest BCUT2D eigenvalue weighted by Crippen LogP contribution is 2.13. The highest BCUT2D eigenvalue weighted by molar-refractivity contribution is 5.87. The Morgan fingerprint density at radius 2 is 1.90 bits per heavy atom. The number of benzene rings is 2. The Hall–Kier alpha value is -2.40. The van der Waals surface area contributed by atoms with E-state index in [1.165, 1.54) is 18.2 Å². The number of hydrogen-bond donors (Lipinski definition) is 1. The average Bonchev–Trinajstić information content (AvgIpc) is 2.49. The third-order valence-corrected chi connectivity index (χ3v) is 2.79. The van der Waals surface area contributed by atoms with Crippen LogP contribution in [0.15, 0.2) is 48.5 Å². The topological polar surface area (TPSA) is 55.8 Å². The van der Waals surface area contributed by atoms with E-state index in [1.807, 2.05) is 0 Å². The van der Waals surface area contributed by atoms with Crippen LogP contribution < -0.4 is 4.74 Å². The number of carboxylic acid groups (broad SMARTS) is 1. The third-order valence-electron chi connectivity index (χ3n) is 2.79. The van der Waals surface area contributed by atoms with Crippen LogP contribution >= 0.6 is 0 Å². The zero-order valence-corrected chi connectivity index (χ0v) is 11.3. The summed E-state index contributed by atoms with van der Waals surface area (Å²) in [4.78, 5) is 10.8. The average molecular weight is 290 g/mol.